The van der Waals surface area contributed by atoms with Crippen molar-refractivity contribution >= 4 is 17.4 Å². The highest BCUT2D eigenvalue weighted by atomic mass is 16.5. The monoisotopic (exact) mass is 449 g/mol. The van der Waals surface area contributed by atoms with Crippen molar-refractivity contribution in [2.24, 2.45) is 0 Å². The lowest BCUT2D eigenvalue weighted by molar-refractivity contribution is -0.139. The number of Topliss-reactive ketones (excluding diaryl/α,β-unsaturated/α-hetero) is 1. The number of hydrogen-bond donors (Lipinski definition) is 1. The minimum atomic E-state index is -0.630. The zero-order valence-electron chi connectivity index (χ0n) is 20.6. The van der Waals surface area contributed by atoms with Crippen molar-refractivity contribution in [1.82, 2.24) is 4.90 Å². The summed E-state index contributed by atoms with van der Waals surface area (Å²) in [6.45, 7) is 10.6. The van der Waals surface area contributed by atoms with Crippen molar-refractivity contribution in [3.63, 3.8) is 0 Å². The second-order valence-electron chi connectivity index (χ2n) is 9.16. The summed E-state index contributed by atoms with van der Waals surface area (Å²) in [5, 5.41) is 11.4. The topological polar surface area (TPSA) is 66.8 Å². The number of aliphatic hydroxyl groups excluding tert-OH is 1. The van der Waals surface area contributed by atoms with Gasteiger partial charge in [0.15, 0.2) is 0 Å². The maximum absolute atomic E-state index is 13.2. The second-order valence-corrected chi connectivity index (χ2v) is 9.16. The van der Waals surface area contributed by atoms with Crippen molar-refractivity contribution in [3.8, 4) is 5.75 Å². The normalized spacial score (nSPS) is 17.8. The maximum Gasteiger partial charge on any atom is 0.295 e. The average molecular weight is 450 g/mol. The van der Waals surface area contributed by atoms with Gasteiger partial charge in [0.05, 0.1) is 18.7 Å². The number of unbranched alkanes of at least 4 members (excludes halogenated alkanes) is 2. The standard InChI is InChI=1S/C28H35NO4/c1-7-8-9-14-29-25(21-12-10-20(11-13-21)17(2)3)24(27(31)28(29)32)26(30)22-15-19(5)23(33-6)16-18(22)4/h10-13,15-17,25,30H,7-9,14H2,1-6H3/b26-24+. The van der Waals surface area contributed by atoms with Crippen molar-refractivity contribution in [1.29, 1.82) is 0 Å². The predicted molar refractivity (Wildman–Crippen MR) is 132 cm³/mol. The molecule has 0 radical (unpaired) electrons. The van der Waals surface area contributed by atoms with E-state index < -0.39 is 17.7 Å². The van der Waals surface area contributed by atoms with E-state index in [4.69, 9.17) is 4.74 Å². The lowest BCUT2D eigenvalue weighted by atomic mass is 9.91. The van der Waals surface area contributed by atoms with E-state index in [9.17, 15) is 14.7 Å². The molecule has 0 saturated carbocycles. The third kappa shape index (κ3) is 4.82. The van der Waals surface area contributed by atoms with Crippen LogP contribution in [0, 0.1) is 13.8 Å². The quantitative estimate of drug-likeness (QED) is 0.231. The number of nitrogens with zero attached hydrogens (tertiary/aromatic N) is 1. The number of benzene rings is 2. The third-order valence-electron chi connectivity index (χ3n) is 6.46. The minimum Gasteiger partial charge on any atom is -0.507 e. The van der Waals surface area contributed by atoms with Gasteiger partial charge in [-0.2, -0.15) is 0 Å². The van der Waals surface area contributed by atoms with Crippen molar-refractivity contribution in [3.05, 3.63) is 69.8 Å². The zero-order valence-corrected chi connectivity index (χ0v) is 20.6. The van der Waals surface area contributed by atoms with Crippen LogP contribution in [0.5, 0.6) is 5.75 Å². The van der Waals surface area contributed by atoms with E-state index in [1.165, 1.54) is 5.56 Å². The molecule has 3 rings (SSSR count). The first-order chi connectivity index (χ1) is 15.7. The number of aryl methyl sites for hydroxylation is 2. The smallest absolute Gasteiger partial charge is 0.295 e. The Morgan fingerprint density at radius 2 is 1.73 bits per heavy atom. The van der Waals surface area contributed by atoms with Gasteiger partial charge in [-0.1, -0.05) is 57.9 Å². The van der Waals surface area contributed by atoms with E-state index in [0.717, 1.165) is 36.0 Å². The molecule has 2 aromatic rings. The number of ketones is 1. The van der Waals surface area contributed by atoms with Gasteiger partial charge < -0.3 is 14.7 Å². The van der Waals surface area contributed by atoms with E-state index in [2.05, 4.69) is 20.8 Å². The molecule has 2 aromatic carbocycles. The average Bonchev–Trinajstić information content (AvgIpc) is 3.05. The molecule has 1 amide bonds. The molecule has 1 saturated heterocycles. The van der Waals surface area contributed by atoms with Crippen LogP contribution in [0.4, 0.5) is 0 Å². The number of hydrogen-bond acceptors (Lipinski definition) is 4. The first-order valence-corrected chi connectivity index (χ1v) is 11.7. The van der Waals surface area contributed by atoms with Crippen LogP contribution in [-0.4, -0.2) is 35.4 Å². The van der Waals surface area contributed by atoms with Crippen molar-refractivity contribution in [2.75, 3.05) is 13.7 Å². The fraction of sp³-hybridized carbons (Fsp3) is 0.429. The molecule has 1 fully saturated rings. The Bertz CT molecular complexity index is 1070. The summed E-state index contributed by atoms with van der Waals surface area (Å²) in [4.78, 5) is 27.9. The summed E-state index contributed by atoms with van der Waals surface area (Å²) < 4.78 is 5.39. The lowest BCUT2D eigenvalue weighted by Gasteiger charge is -2.26. The number of rotatable bonds is 8. The van der Waals surface area contributed by atoms with Gasteiger partial charge >= 0.3 is 0 Å². The molecule has 0 spiro atoms. The molecule has 1 unspecified atom stereocenters. The van der Waals surface area contributed by atoms with E-state index in [1.54, 1.807) is 12.0 Å². The minimum absolute atomic E-state index is 0.132. The van der Waals surface area contributed by atoms with Gasteiger partial charge in [0.1, 0.15) is 11.5 Å². The number of aliphatic hydroxyl groups is 1. The summed E-state index contributed by atoms with van der Waals surface area (Å²) >= 11 is 0. The Morgan fingerprint density at radius 1 is 1.06 bits per heavy atom. The van der Waals surface area contributed by atoms with Gasteiger partial charge in [-0.3, -0.25) is 9.59 Å². The van der Waals surface area contributed by atoms with Gasteiger partial charge in [0, 0.05) is 12.1 Å². The van der Waals surface area contributed by atoms with E-state index >= 15 is 0 Å². The number of carbonyl (C=O) groups is 2. The molecule has 0 aromatic heterocycles. The summed E-state index contributed by atoms with van der Waals surface area (Å²) in [5.74, 6) is -0.222. The molecule has 1 heterocycles. The molecular weight excluding hydrogens is 414 g/mol. The maximum atomic E-state index is 13.2. The molecule has 0 aliphatic carbocycles. The van der Waals surface area contributed by atoms with E-state index in [1.807, 2.05) is 50.2 Å². The van der Waals surface area contributed by atoms with Crippen LogP contribution in [0.1, 0.15) is 79.8 Å². The number of methoxy groups -OCH3 is 1. The molecular formula is C28H35NO4. The Kier molecular flexibility index (Phi) is 7.62. The Balaban J connectivity index is 2.17. The molecule has 1 aliphatic heterocycles. The highest BCUT2D eigenvalue weighted by Crippen LogP contribution is 2.41. The van der Waals surface area contributed by atoms with Gasteiger partial charge in [-0.05, 0) is 60.6 Å². The van der Waals surface area contributed by atoms with Crippen molar-refractivity contribution < 1.29 is 19.4 Å². The third-order valence-corrected chi connectivity index (χ3v) is 6.46. The van der Waals surface area contributed by atoms with Crippen LogP contribution >= 0.6 is 0 Å². The van der Waals surface area contributed by atoms with Crippen LogP contribution in [-0.2, 0) is 9.59 Å². The second kappa shape index (κ2) is 10.2. The summed E-state index contributed by atoms with van der Waals surface area (Å²) in [5.41, 5.74) is 4.34. The van der Waals surface area contributed by atoms with Gasteiger partial charge in [-0.25, -0.2) is 0 Å². The largest absolute Gasteiger partial charge is 0.507 e. The molecule has 0 bridgehead atoms. The van der Waals surface area contributed by atoms with Crippen LogP contribution in [0.15, 0.2) is 42.0 Å². The van der Waals surface area contributed by atoms with Crippen LogP contribution in [0.25, 0.3) is 5.76 Å². The molecule has 1 N–H and O–H groups in total. The van der Waals surface area contributed by atoms with Crippen molar-refractivity contribution in [2.45, 2.75) is 65.8 Å². The molecule has 33 heavy (non-hydrogen) atoms. The van der Waals surface area contributed by atoms with Crippen LogP contribution < -0.4 is 4.74 Å². The first kappa shape index (κ1) is 24.6. The summed E-state index contributed by atoms with van der Waals surface area (Å²) in [7, 11) is 1.60. The molecule has 5 heteroatoms. The Morgan fingerprint density at radius 3 is 2.30 bits per heavy atom. The number of amides is 1. The Labute approximate surface area is 197 Å². The highest BCUT2D eigenvalue weighted by molar-refractivity contribution is 6.46. The lowest BCUT2D eigenvalue weighted by Crippen LogP contribution is -2.30. The SMILES string of the molecule is CCCCCN1C(=O)C(=O)/C(=C(/O)c2cc(C)c(OC)cc2C)C1c1ccc(C(C)C)cc1. The van der Waals surface area contributed by atoms with Gasteiger partial charge in [0.25, 0.3) is 11.7 Å². The molecule has 5 nitrogen and oxygen atoms in total. The van der Waals surface area contributed by atoms with Gasteiger partial charge in [-0.15, -0.1) is 0 Å². The fourth-order valence-corrected chi connectivity index (χ4v) is 4.46. The van der Waals surface area contributed by atoms with Crippen LogP contribution in [0.3, 0.4) is 0 Å². The Hall–Kier alpha value is -3.08. The number of ether oxygens (including phenoxy) is 1. The highest BCUT2D eigenvalue weighted by Gasteiger charge is 2.45. The van der Waals surface area contributed by atoms with Gasteiger partial charge in [0.2, 0.25) is 0 Å². The fourth-order valence-electron chi connectivity index (χ4n) is 4.46. The van der Waals surface area contributed by atoms with Crippen LogP contribution in [0.2, 0.25) is 0 Å². The molecule has 176 valence electrons. The van der Waals surface area contributed by atoms with E-state index in [0.29, 0.717) is 23.8 Å². The first-order valence-electron chi connectivity index (χ1n) is 11.7. The zero-order chi connectivity index (χ0) is 24.3. The summed E-state index contributed by atoms with van der Waals surface area (Å²) in [6.07, 6.45) is 2.80. The number of carbonyl (C=O) groups excluding carboxylic acids is 2. The molecule has 1 atom stereocenters. The summed E-state index contributed by atoms with van der Waals surface area (Å²) in [6, 6.07) is 11.1. The van der Waals surface area contributed by atoms with E-state index in [-0.39, 0.29) is 11.3 Å². The molecule has 1 aliphatic rings. The number of likely N-dealkylation sites (tertiary alicyclic amines) is 1. The predicted octanol–water partition coefficient (Wildman–Crippen LogP) is 6.05.